The first-order valence-electron chi connectivity index (χ1n) is 5.26. The van der Waals surface area contributed by atoms with Crippen molar-refractivity contribution >= 4 is 21.7 Å². The van der Waals surface area contributed by atoms with Gasteiger partial charge in [-0.05, 0) is 34.5 Å². The molecule has 0 fully saturated rings. The topological polar surface area (TPSA) is 42.7 Å². The Hall–Kier alpha value is -1.36. The van der Waals surface area contributed by atoms with Crippen molar-refractivity contribution in [2.24, 2.45) is 0 Å². The molecule has 3 heterocycles. The van der Waals surface area contributed by atoms with Crippen LogP contribution in [0.15, 0.2) is 29.1 Å². The predicted octanol–water partition coefficient (Wildman–Crippen LogP) is 2.52. The second-order valence-corrected chi connectivity index (χ2v) is 4.49. The number of aromatic nitrogens is 3. The molecule has 2 aromatic heterocycles. The third kappa shape index (κ3) is 1.51. The SMILES string of the molecule is Brc1nc(-c2ccncc2)n2c1NCCC2. The number of nitrogens with one attached hydrogen (secondary N) is 1. The molecule has 0 atom stereocenters. The first kappa shape index (κ1) is 9.84. The van der Waals surface area contributed by atoms with Crippen LogP contribution in [0.25, 0.3) is 11.4 Å². The smallest absolute Gasteiger partial charge is 0.149 e. The Morgan fingerprint density at radius 1 is 1.31 bits per heavy atom. The van der Waals surface area contributed by atoms with Crippen LogP contribution in [0.1, 0.15) is 6.42 Å². The molecule has 0 aliphatic carbocycles. The van der Waals surface area contributed by atoms with Gasteiger partial charge in [0.2, 0.25) is 0 Å². The quantitative estimate of drug-likeness (QED) is 0.872. The molecule has 2 aromatic rings. The van der Waals surface area contributed by atoms with Crippen LogP contribution in [0.5, 0.6) is 0 Å². The van der Waals surface area contributed by atoms with Gasteiger partial charge in [-0.25, -0.2) is 4.98 Å². The lowest BCUT2D eigenvalue weighted by molar-refractivity contribution is 0.635. The molecule has 1 aliphatic heterocycles. The Labute approximate surface area is 102 Å². The fourth-order valence-corrected chi connectivity index (χ4v) is 2.50. The number of hydrogen-bond donors (Lipinski definition) is 1. The molecule has 1 N–H and O–H groups in total. The third-order valence-electron chi connectivity index (χ3n) is 2.71. The van der Waals surface area contributed by atoms with Crippen LogP contribution in [-0.2, 0) is 6.54 Å². The van der Waals surface area contributed by atoms with Crippen LogP contribution in [0.4, 0.5) is 5.82 Å². The normalized spacial score (nSPS) is 14.3. The molecule has 16 heavy (non-hydrogen) atoms. The van der Waals surface area contributed by atoms with Crippen LogP contribution in [0.3, 0.4) is 0 Å². The fourth-order valence-electron chi connectivity index (χ4n) is 1.97. The molecule has 0 aromatic carbocycles. The summed E-state index contributed by atoms with van der Waals surface area (Å²) in [5, 5.41) is 3.36. The predicted molar refractivity (Wildman–Crippen MR) is 66.3 cm³/mol. The van der Waals surface area contributed by atoms with Crippen molar-refractivity contribution in [1.29, 1.82) is 0 Å². The van der Waals surface area contributed by atoms with E-state index in [2.05, 4.69) is 35.8 Å². The van der Waals surface area contributed by atoms with Crippen molar-refractivity contribution < 1.29 is 0 Å². The Morgan fingerprint density at radius 3 is 2.94 bits per heavy atom. The van der Waals surface area contributed by atoms with Crippen molar-refractivity contribution in [2.45, 2.75) is 13.0 Å². The van der Waals surface area contributed by atoms with E-state index < -0.39 is 0 Å². The van der Waals surface area contributed by atoms with Gasteiger partial charge in [0.15, 0.2) is 0 Å². The van der Waals surface area contributed by atoms with E-state index in [0.29, 0.717) is 0 Å². The Kier molecular flexibility index (Phi) is 2.40. The monoisotopic (exact) mass is 278 g/mol. The first-order chi connectivity index (χ1) is 7.86. The number of pyridine rings is 1. The van der Waals surface area contributed by atoms with Gasteiger partial charge in [-0.1, -0.05) is 0 Å². The van der Waals surface area contributed by atoms with Gasteiger partial charge in [-0.15, -0.1) is 0 Å². The van der Waals surface area contributed by atoms with Gasteiger partial charge in [-0.2, -0.15) is 0 Å². The zero-order chi connectivity index (χ0) is 11.0. The molecule has 4 nitrogen and oxygen atoms in total. The molecule has 0 bridgehead atoms. The summed E-state index contributed by atoms with van der Waals surface area (Å²) in [6.07, 6.45) is 4.72. The van der Waals surface area contributed by atoms with Gasteiger partial charge >= 0.3 is 0 Å². The summed E-state index contributed by atoms with van der Waals surface area (Å²) in [5.74, 6) is 2.08. The number of halogens is 1. The minimum Gasteiger partial charge on any atom is -0.369 e. The summed E-state index contributed by atoms with van der Waals surface area (Å²) in [5.41, 5.74) is 1.10. The van der Waals surface area contributed by atoms with Crippen molar-refractivity contribution in [3.8, 4) is 11.4 Å². The lowest BCUT2D eigenvalue weighted by atomic mass is 10.2. The second kappa shape index (κ2) is 3.90. The Bertz CT molecular complexity index is 506. The van der Waals surface area contributed by atoms with Crippen LogP contribution >= 0.6 is 15.9 Å². The van der Waals surface area contributed by atoms with E-state index in [1.165, 1.54) is 0 Å². The number of imidazole rings is 1. The number of nitrogens with zero attached hydrogens (tertiary/aromatic N) is 3. The highest BCUT2D eigenvalue weighted by atomic mass is 79.9. The van der Waals surface area contributed by atoms with E-state index in [1.807, 2.05) is 12.1 Å². The molecule has 3 rings (SSSR count). The van der Waals surface area contributed by atoms with Crippen molar-refractivity contribution in [2.75, 3.05) is 11.9 Å². The highest BCUT2D eigenvalue weighted by molar-refractivity contribution is 9.10. The number of anilines is 1. The van der Waals surface area contributed by atoms with Gasteiger partial charge in [0, 0.05) is 31.0 Å². The largest absolute Gasteiger partial charge is 0.369 e. The van der Waals surface area contributed by atoms with Crippen LogP contribution < -0.4 is 5.32 Å². The zero-order valence-electron chi connectivity index (χ0n) is 8.65. The lowest BCUT2D eigenvalue weighted by Gasteiger charge is -2.18. The van der Waals surface area contributed by atoms with E-state index in [-0.39, 0.29) is 0 Å². The maximum Gasteiger partial charge on any atom is 0.149 e. The van der Waals surface area contributed by atoms with Crippen molar-refractivity contribution in [1.82, 2.24) is 14.5 Å². The molecule has 5 heteroatoms. The number of rotatable bonds is 1. The average molecular weight is 279 g/mol. The molecule has 0 saturated heterocycles. The highest BCUT2D eigenvalue weighted by Crippen LogP contribution is 2.31. The third-order valence-corrected chi connectivity index (χ3v) is 3.27. The molecular weight excluding hydrogens is 268 g/mol. The number of hydrogen-bond acceptors (Lipinski definition) is 3. The Morgan fingerprint density at radius 2 is 2.12 bits per heavy atom. The Balaban J connectivity index is 2.15. The van der Waals surface area contributed by atoms with Gasteiger partial charge in [0.25, 0.3) is 0 Å². The molecule has 0 radical (unpaired) electrons. The summed E-state index contributed by atoms with van der Waals surface area (Å²) in [7, 11) is 0. The highest BCUT2D eigenvalue weighted by Gasteiger charge is 2.18. The van der Waals surface area contributed by atoms with Crippen molar-refractivity contribution in [3.63, 3.8) is 0 Å². The van der Waals surface area contributed by atoms with E-state index in [9.17, 15) is 0 Å². The van der Waals surface area contributed by atoms with Gasteiger partial charge in [-0.3, -0.25) is 4.98 Å². The summed E-state index contributed by atoms with van der Waals surface area (Å²) >= 11 is 3.49. The zero-order valence-corrected chi connectivity index (χ0v) is 10.2. The molecule has 0 saturated carbocycles. The maximum absolute atomic E-state index is 4.55. The number of fused-ring (bicyclic) bond motifs is 1. The maximum atomic E-state index is 4.55. The summed E-state index contributed by atoms with van der Waals surface area (Å²) in [4.78, 5) is 8.58. The molecule has 1 aliphatic rings. The van der Waals surface area contributed by atoms with Gasteiger partial charge in [0.1, 0.15) is 16.2 Å². The van der Waals surface area contributed by atoms with Crippen LogP contribution in [-0.4, -0.2) is 21.1 Å². The van der Waals surface area contributed by atoms with E-state index in [1.54, 1.807) is 12.4 Å². The second-order valence-electron chi connectivity index (χ2n) is 3.74. The molecule has 0 amide bonds. The molecule has 0 unspecified atom stereocenters. The summed E-state index contributed by atoms with van der Waals surface area (Å²) in [6, 6.07) is 3.97. The summed E-state index contributed by atoms with van der Waals surface area (Å²) in [6.45, 7) is 2.03. The minimum absolute atomic E-state index is 0.888. The van der Waals surface area contributed by atoms with E-state index in [4.69, 9.17) is 0 Å². The lowest BCUT2D eigenvalue weighted by Crippen LogP contribution is -2.17. The van der Waals surface area contributed by atoms with Gasteiger partial charge in [0.05, 0.1) is 0 Å². The van der Waals surface area contributed by atoms with E-state index >= 15 is 0 Å². The first-order valence-corrected chi connectivity index (χ1v) is 6.06. The summed E-state index contributed by atoms with van der Waals surface area (Å²) < 4.78 is 3.10. The fraction of sp³-hybridized carbons (Fsp3) is 0.273. The van der Waals surface area contributed by atoms with Crippen LogP contribution in [0, 0.1) is 0 Å². The average Bonchev–Trinajstić information content (AvgIpc) is 2.69. The molecule has 82 valence electrons. The van der Waals surface area contributed by atoms with Crippen molar-refractivity contribution in [3.05, 3.63) is 29.1 Å². The molecule has 0 spiro atoms. The molecular formula is C11H11BrN4. The minimum atomic E-state index is 0.888. The standard InChI is InChI=1S/C11H11BrN4/c12-9-11-14-4-1-7-16(11)10(15-9)8-2-5-13-6-3-8/h2-3,5-6,14H,1,4,7H2. The van der Waals surface area contributed by atoms with Crippen LogP contribution in [0.2, 0.25) is 0 Å². The van der Waals surface area contributed by atoms with E-state index in [0.717, 1.165) is 41.3 Å². The van der Waals surface area contributed by atoms with Gasteiger partial charge < -0.3 is 9.88 Å².